The van der Waals surface area contributed by atoms with Crippen molar-refractivity contribution in [2.45, 2.75) is 45.1 Å². The van der Waals surface area contributed by atoms with Gasteiger partial charge in [-0.05, 0) is 18.8 Å². The zero-order valence-corrected chi connectivity index (χ0v) is 9.87. The van der Waals surface area contributed by atoms with Crippen molar-refractivity contribution in [2.75, 3.05) is 13.1 Å². The van der Waals surface area contributed by atoms with Crippen molar-refractivity contribution < 1.29 is 9.59 Å². The monoisotopic (exact) mass is 224 g/mol. The maximum Gasteiger partial charge on any atom is 0.242 e. The molecule has 0 radical (unpaired) electrons. The van der Waals surface area contributed by atoms with Crippen molar-refractivity contribution in [3.63, 3.8) is 0 Å². The highest BCUT2D eigenvalue weighted by Crippen LogP contribution is 2.30. The molecule has 0 aromatic heterocycles. The summed E-state index contributed by atoms with van der Waals surface area (Å²) in [6.07, 6.45) is 5.80. The fraction of sp³-hybridized carbons (Fsp3) is 0.833. The fourth-order valence-electron chi connectivity index (χ4n) is 2.82. The Balaban J connectivity index is 1.99. The maximum atomic E-state index is 11.7. The summed E-state index contributed by atoms with van der Waals surface area (Å²) in [4.78, 5) is 24.8. The van der Waals surface area contributed by atoms with E-state index in [0.29, 0.717) is 6.04 Å². The average molecular weight is 224 g/mol. The Morgan fingerprint density at radius 2 is 2.19 bits per heavy atom. The Kier molecular flexibility index (Phi) is 3.46. The minimum absolute atomic E-state index is 0.0155. The Morgan fingerprint density at radius 1 is 1.38 bits per heavy atom. The largest absolute Gasteiger partial charge is 0.345 e. The summed E-state index contributed by atoms with van der Waals surface area (Å²) in [5.41, 5.74) is 0. The number of nitrogens with zero attached hydrogens (tertiary/aromatic N) is 1. The normalized spacial score (nSPS) is 31.4. The minimum Gasteiger partial charge on any atom is -0.345 e. The summed E-state index contributed by atoms with van der Waals surface area (Å²) >= 11 is 0. The molecule has 2 rings (SSSR count). The van der Waals surface area contributed by atoms with Crippen molar-refractivity contribution in [2.24, 2.45) is 5.92 Å². The zero-order valence-electron chi connectivity index (χ0n) is 9.87. The second-order valence-corrected chi connectivity index (χ2v) is 4.89. The van der Waals surface area contributed by atoms with E-state index in [2.05, 4.69) is 12.2 Å². The molecule has 0 aromatic rings. The van der Waals surface area contributed by atoms with Crippen LogP contribution in [-0.4, -0.2) is 35.8 Å². The molecule has 4 heteroatoms. The number of carbonyl (C=O) groups excluding carboxylic acids is 2. The topological polar surface area (TPSA) is 49.4 Å². The number of nitrogens with one attached hydrogen (secondary N) is 1. The zero-order chi connectivity index (χ0) is 11.5. The number of hydrogen-bond acceptors (Lipinski definition) is 2. The molecule has 2 aliphatic rings. The molecule has 2 atom stereocenters. The Bertz CT molecular complexity index is 291. The molecule has 1 aliphatic carbocycles. The van der Waals surface area contributed by atoms with E-state index < -0.39 is 0 Å². The first-order chi connectivity index (χ1) is 7.70. The third kappa shape index (κ3) is 2.36. The van der Waals surface area contributed by atoms with Crippen molar-refractivity contribution in [1.82, 2.24) is 10.2 Å². The predicted molar refractivity (Wildman–Crippen MR) is 60.8 cm³/mol. The van der Waals surface area contributed by atoms with Crippen molar-refractivity contribution in [3.8, 4) is 0 Å². The van der Waals surface area contributed by atoms with E-state index in [-0.39, 0.29) is 24.9 Å². The summed E-state index contributed by atoms with van der Waals surface area (Å²) in [6.45, 7) is 2.66. The van der Waals surface area contributed by atoms with Gasteiger partial charge >= 0.3 is 0 Å². The van der Waals surface area contributed by atoms with Crippen molar-refractivity contribution in [3.05, 3.63) is 0 Å². The molecule has 0 bridgehead atoms. The van der Waals surface area contributed by atoms with E-state index >= 15 is 0 Å². The van der Waals surface area contributed by atoms with Gasteiger partial charge in [-0.3, -0.25) is 9.59 Å². The van der Waals surface area contributed by atoms with Crippen LogP contribution in [0, 0.1) is 5.92 Å². The van der Waals surface area contributed by atoms with E-state index in [9.17, 15) is 9.59 Å². The van der Waals surface area contributed by atoms with Crippen LogP contribution in [0.25, 0.3) is 0 Å². The van der Waals surface area contributed by atoms with Gasteiger partial charge < -0.3 is 10.2 Å². The number of carbonyl (C=O) groups is 2. The summed E-state index contributed by atoms with van der Waals surface area (Å²) < 4.78 is 0. The standard InChI is InChI=1S/C12H20N2O2/c1-2-9-4-3-5-10(6-9)14-8-11(15)13-7-12(14)16/h9-10H,2-8H2,1H3,(H,13,15). The van der Waals surface area contributed by atoms with Gasteiger partial charge in [0.05, 0.1) is 13.1 Å². The lowest BCUT2D eigenvalue weighted by molar-refractivity contribution is -0.143. The summed E-state index contributed by atoms with van der Waals surface area (Å²) in [5.74, 6) is 0.802. The first-order valence-electron chi connectivity index (χ1n) is 6.27. The Labute approximate surface area is 96.4 Å². The molecule has 4 nitrogen and oxygen atoms in total. The SMILES string of the molecule is CCC1CCCC(N2CC(=O)NCC2=O)C1. The second-order valence-electron chi connectivity index (χ2n) is 4.89. The van der Waals surface area contributed by atoms with Gasteiger partial charge in [-0.1, -0.05) is 26.2 Å². The molecule has 2 amide bonds. The molecule has 16 heavy (non-hydrogen) atoms. The van der Waals surface area contributed by atoms with E-state index in [1.807, 2.05) is 0 Å². The fourth-order valence-corrected chi connectivity index (χ4v) is 2.82. The number of piperazine rings is 1. The molecule has 1 saturated heterocycles. The molecule has 0 aromatic carbocycles. The van der Waals surface area contributed by atoms with Crippen LogP contribution in [-0.2, 0) is 9.59 Å². The number of rotatable bonds is 2. The summed E-state index contributed by atoms with van der Waals surface area (Å²) in [6, 6.07) is 0.303. The molecule has 1 heterocycles. The molecule has 0 spiro atoms. The molecule has 1 aliphatic heterocycles. The van der Waals surface area contributed by atoms with E-state index in [4.69, 9.17) is 0 Å². The third-order valence-electron chi connectivity index (χ3n) is 3.84. The van der Waals surface area contributed by atoms with E-state index in [1.54, 1.807) is 4.90 Å². The first kappa shape index (κ1) is 11.4. The molecule has 1 N–H and O–H groups in total. The van der Waals surface area contributed by atoms with Crippen LogP contribution in [0.4, 0.5) is 0 Å². The van der Waals surface area contributed by atoms with Crippen LogP contribution in [0.3, 0.4) is 0 Å². The third-order valence-corrected chi connectivity index (χ3v) is 3.84. The predicted octanol–water partition coefficient (Wildman–Crippen LogP) is 0.914. The van der Waals surface area contributed by atoms with Crippen LogP contribution >= 0.6 is 0 Å². The van der Waals surface area contributed by atoms with Crippen molar-refractivity contribution >= 4 is 11.8 Å². The lowest BCUT2D eigenvalue weighted by atomic mass is 9.83. The highest BCUT2D eigenvalue weighted by atomic mass is 16.2. The van der Waals surface area contributed by atoms with E-state index in [1.165, 1.54) is 19.3 Å². The summed E-state index contributed by atoms with van der Waals surface area (Å²) in [5, 5.41) is 2.60. The summed E-state index contributed by atoms with van der Waals surface area (Å²) in [7, 11) is 0. The van der Waals surface area contributed by atoms with Crippen LogP contribution < -0.4 is 5.32 Å². The smallest absolute Gasteiger partial charge is 0.242 e. The Morgan fingerprint density at radius 3 is 2.94 bits per heavy atom. The van der Waals surface area contributed by atoms with Gasteiger partial charge in [0.15, 0.2) is 0 Å². The van der Waals surface area contributed by atoms with Gasteiger partial charge in [-0.15, -0.1) is 0 Å². The number of amides is 2. The molecule has 2 unspecified atom stereocenters. The molecule has 90 valence electrons. The first-order valence-corrected chi connectivity index (χ1v) is 6.27. The highest BCUT2D eigenvalue weighted by molar-refractivity contribution is 5.92. The highest BCUT2D eigenvalue weighted by Gasteiger charge is 2.32. The van der Waals surface area contributed by atoms with Gasteiger partial charge in [-0.25, -0.2) is 0 Å². The van der Waals surface area contributed by atoms with Gasteiger partial charge in [0.2, 0.25) is 11.8 Å². The quantitative estimate of drug-likeness (QED) is 0.758. The lowest BCUT2D eigenvalue weighted by Crippen LogP contribution is -2.56. The Hall–Kier alpha value is -1.06. The second kappa shape index (κ2) is 4.85. The van der Waals surface area contributed by atoms with Crippen LogP contribution in [0.5, 0.6) is 0 Å². The van der Waals surface area contributed by atoms with Gasteiger partial charge in [0, 0.05) is 6.04 Å². The average Bonchev–Trinajstić information content (AvgIpc) is 2.32. The molecular formula is C12H20N2O2. The molecule has 1 saturated carbocycles. The van der Waals surface area contributed by atoms with Crippen LogP contribution in [0.15, 0.2) is 0 Å². The maximum absolute atomic E-state index is 11.7. The van der Waals surface area contributed by atoms with Gasteiger partial charge in [0.1, 0.15) is 0 Å². The molecular weight excluding hydrogens is 204 g/mol. The lowest BCUT2D eigenvalue weighted by Gasteiger charge is -2.38. The van der Waals surface area contributed by atoms with Crippen LogP contribution in [0.2, 0.25) is 0 Å². The number of hydrogen-bond donors (Lipinski definition) is 1. The van der Waals surface area contributed by atoms with E-state index in [0.717, 1.165) is 18.8 Å². The van der Waals surface area contributed by atoms with Crippen molar-refractivity contribution in [1.29, 1.82) is 0 Å². The molecule has 2 fully saturated rings. The van der Waals surface area contributed by atoms with Gasteiger partial charge in [-0.2, -0.15) is 0 Å². The van der Waals surface area contributed by atoms with Gasteiger partial charge in [0.25, 0.3) is 0 Å². The van der Waals surface area contributed by atoms with Crippen LogP contribution in [0.1, 0.15) is 39.0 Å². The minimum atomic E-state index is -0.0155.